The summed E-state index contributed by atoms with van der Waals surface area (Å²) >= 11 is 0. The first-order chi connectivity index (χ1) is 8.30. The summed E-state index contributed by atoms with van der Waals surface area (Å²) in [6.07, 6.45) is 0. The minimum atomic E-state index is -0.0755. The molecule has 0 heterocycles. The fourth-order valence-corrected chi connectivity index (χ4v) is 1.40. The maximum absolute atomic E-state index is 9.05. The Morgan fingerprint density at radius 2 is 1.59 bits per heavy atom. The number of ether oxygens (including phenoxy) is 2. The van der Waals surface area contributed by atoms with Crippen molar-refractivity contribution < 1.29 is 19.7 Å². The van der Waals surface area contributed by atoms with Crippen LogP contribution in [0.2, 0.25) is 0 Å². The van der Waals surface area contributed by atoms with Gasteiger partial charge in [-0.1, -0.05) is 6.07 Å². The molecule has 0 bridgehead atoms. The highest BCUT2D eigenvalue weighted by atomic mass is 16.5. The van der Waals surface area contributed by atoms with Crippen LogP contribution in [0.25, 0.3) is 0 Å². The molecule has 5 heteroatoms. The van der Waals surface area contributed by atoms with Crippen molar-refractivity contribution in [3.05, 3.63) is 29.3 Å². The van der Waals surface area contributed by atoms with E-state index in [1.165, 1.54) is 0 Å². The molecule has 0 saturated carbocycles. The Morgan fingerprint density at radius 3 is 2.12 bits per heavy atom. The monoisotopic (exact) mass is 241 g/mol. The fourth-order valence-electron chi connectivity index (χ4n) is 1.40. The maximum Gasteiger partial charge on any atom is 0.120 e. The van der Waals surface area contributed by atoms with Gasteiger partial charge in [-0.05, 0) is 23.3 Å². The topological polar surface area (TPSA) is 84.9 Å². The molecule has 0 spiro atoms. The zero-order chi connectivity index (χ0) is 12.5. The van der Waals surface area contributed by atoms with Gasteiger partial charge in [0, 0.05) is 6.54 Å². The van der Waals surface area contributed by atoms with Crippen LogP contribution >= 0.6 is 0 Å². The van der Waals surface area contributed by atoms with E-state index in [2.05, 4.69) is 0 Å². The molecule has 0 aliphatic heterocycles. The summed E-state index contributed by atoms with van der Waals surface area (Å²) in [6, 6.07) is 5.21. The van der Waals surface area contributed by atoms with E-state index in [0.29, 0.717) is 32.1 Å². The molecule has 0 fully saturated rings. The second kappa shape index (κ2) is 8.03. The third-order valence-electron chi connectivity index (χ3n) is 2.15. The van der Waals surface area contributed by atoms with E-state index in [4.69, 9.17) is 25.4 Å². The van der Waals surface area contributed by atoms with Gasteiger partial charge in [0.25, 0.3) is 0 Å². The fraction of sp³-hybridized carbons (Fsp3) is 0.500. The maximum atomic E-state index is 9.05. The highest BCUT2D eigenvalue weighted by Gasteiger charge is 2.01. The third kappa shape index (κ3) is 5.14. The van der Waals surface area contributed by atoms with Gasteiger partial charge < -0.3 is 25.4 Å². The van der Waals surface area contributed by atoms with Crippen LogP contribution in [0.3, 0.4) is 0 Å². The summed E-state index contributed by atoms with van der Waals surface area (Å²) in [7, 11) is 0. The van der Waals surface area contributed by atoms with Gasteiger partial charge in [-0.15, -0.1) is 0 Å². The first-order valence-electron chi connectivity index (χ1n) is 5.55. The predicted molar refractivity (Wildman–Crippen MR) is 63.7 cm³/mol. The van der Waals surface area contributed by atoms with Gasteiger partial charge in [-0.25, -0.2) is 0 Å². The Hall–Kier alpha value is -1.14. The van der Waals surface area contributed by atoms with Crippen molar-refractivity contribution in [3.8, 4) is 5.75 Å². The van der Waals surface area contributed by atoms with Crippen LogP contribution in [0.1, 0.15) is 11.1 Å². The molecule has 0 radical (unpaired) electrons. The van der Waals surface area contributed by atoms with Crippen molar-refractivity contribution in [2.24, 2.45) is 5.73 Å². The Labute approximate surface area is 101 Å². The van der Waals surface area contributed by atoms with Crippen LogP contribution in [0.5, 0.6) is 5.75 Å². The average molecular weight is 241 g/mol. The molecule has 0 aromatic heterocycles. The van der Waals surface area contributed by atoms with Gasteiger partial charge in [-0.3, -0.25) is 0 Å². The quantitative estimate of drug-likeness (QED) is 0.559. The molecule has 0 unspecified atom stereocenters. The number of nitrogens with two attached hydrogens (primary N) is 1. The van der Waals surface area contributed by atoms with E-state index in [9.17, 15) is 0 Å². The molecule has 1 rings (SSSR count). The van der Waals surface area contributed by atoms with Crippen LogP contribution in [-0.4, -0.2) is 36.6 Å². The van der Waals surface area contributed by atoms with E-state index in [1.54, 1.807) is 18.2 Å². The number of rotatable bonds is 8. The lowest BCUT2D eigenvalue weighted by Crippen LogP contribution is -2.13. The number of hydrogen-bond donors (Lipinski definition) is 3. The molecule has 0 aliphatic carbocycles. The van der Waals surface area contributed by atoms with E-state index < -0.39 is 0 Å². The van der Waals surface area contributed by atoms with Crippen molar-refractivity contribution in [1.82, 2.24) is 0 Å². The van der Waals surface area contributed by atoms with Crippen molar-refractivity contribution in [3.63, 3.8) is 0 Å². The highest BCUT2D eigenvalue weighted by Crippen LogP contribution is 2.17. The van der Waals surface area contributed by atoms with Crippen molar-refractivity contribution in [2.45, 2.75) is 13.2 Å². The summed E-state index contributed by atoms with van der Waals surface area (Å²) < 4.78 is 10.6. The van der Waals surface area contributed by atoms with Crippen LogP contribution < -0.4 is 10.5 Å². The Kier molecular flexibility index (Phi) is 6.57. The van der Waals surface area contributed by atoms with Gasteiger partial charge in [0.05, 0.1) is 26.4 Å². The number of aliphatic hydroxyl groups is 2. The van der Waals surface area contributed by atoms with E-state index in [1.807, 2.05) is 0 Å². The van der Waals surface area contributed by atoms with E-state index in [0.717, 1.165) is 11.1 Å². The molecule has 96 valence electrons. The number of aliphatic hydroxyl groups excluding tert-OH is 2. The average Bonchev–Trinajstić information content (AvgIpc) is 2.38. The normalized spacial score (nSPS) is 10.5. The number of hydrogen-bond acceptors (Lipinski definition) is 5. The molecule has 17 heavy (non-hydrogen) atoms. The molecule has 0 atom stereocenters. The second-order valence-corrected chi connectivity index (χ2v) is 3.55. The Morgan fingerprint density at radius 1 is 0.941 bits per heavy atom. The van der Waals surface area contributed by atoms with Crippen molar-refractivity contribution >= 4 is 0 Å². The Balaban J connectivity index is 2.46. The predicted octanol–water partition coefficient (Wildman–Crippen LogP) is 0.0253. The third-order valence-corrected chi connectivity index (χ3v) is 2.15. The van der Waals surface area contributed by atoms with Gasteiger partial charge in [0.15, 0.2) is 0 Å². The summed E-state index contributed by atoms with van der Waals surface area (Å²) in [6.45, 7) is 1.74. The van der Waals surface area contributed by atoms with Gasteiger partial charge >= 0.3 is 0 Å². The summed E-state index contributed by atoms with van der Waals surface area (Å²) in [5.41, 5.74) is 6.71. The smallest absolute Gasteiger partial charge is 0.120 e. The van der Waals surface area contributed by atoms with E-state index in [-0.39, 0.29) is 13.2 Å². The molecule has 0 saturated heterocycles. The molecule has 0 amide bonds. The molecule has 5 nitrogen and oxygen atoms in total. The minimum absolute atomic E-state index is 0.0755. The standard InChI is InChI=1S/C12H19NO4/c13-1-2-16-3-4-17-12-6-10(8-14)5-11(7-12)9-15/h5-7,14-15H,1-4,8-9,13H2. The van der Waals surface area contributed by atoms with Gasteiger partial charge in [-0.2, -0.15) is 0 Å². The highest BCUT2D eigenvalue weighted by molar-refractivity contribution is 5.33. The molecule has 4 N–H and O–H groups in total. The molecule has 0 aliphatic rings. The lowest BCUT2D eigenvalue weighted by atomic mass is 10.1. The molecular weight excluding hydrogens is 222 g/mol. The van der Waals surface area contributed by atoms with Crippen LogP contribution in [0, 0.1) is 0 Å². The Bertz CT molecular complexity index is 308. The number of benzene rings is 1. The van der Waals surface area contributed by atoms with Crippen molar-refractivity contribution in [2.75, 3.05) is 26.4 Å². The first kappa shape index (κ1) is 13.9. The minimum Gasteiger partial charge on any atom is -0.491 e. The molecule has 1 aromatic rings. The SMILES string of the molecule is NCCOCCOc1cc(CO)cc(CO)c1. The van der Waals surface area contributed by atoms with Gasteiger partial charge in [0.2, 0.25) is 0 Å². The summed E-state index contributed by atoms with van der Waals surface area (Å²) in [5.74, 6) is 0.622. The molecule has 1 aromatic carbocycles. The van der Waals surface area contributed by atoms with Gasteiger partial charge in [0.1, 0.15) is 12.4 Å². The van der Waals surface area contributed by atoms with Crippen molar-refractivity contribution in [1.29, 1.82) is 0 Å². The molecular formula is C12H19NO4. The summed E-state index contributed by atoms with van der Waals surface area (Å²) in [4.78, 5) is 0. The second-order valence-electron chi connectivity index (χ2n) is 3.55. The van der Waals surface area contributed by atoms with E-state index >= 15 is 0 Å². The van der Waals surface area contributed by atoms with Crippen LogP contribution in [0.4, 0.5) is 0 Å². The zero-order valence-electron chi connectivity index (χ0n) is 9.76. The van der Waals surface area contributed by atoms with Crippen LogP contribution in [-0.2, 0) is 18.0 Å². The largest absolute Gasteiger partial charge is 0.491 e. The zero-order valence-corrected chi connectivity index (χ0v) is 9.76. The lowest BCUT2D eigenvalue weighted by molar-refractivity contribution is 0.106. The summed E-state index contributed by atoms with van der Waals surface area (Å²) in [5, 5.41) is 18.1. The van der Waals surface area contributed by atoms with Crippen LogP contribution in [0.15, 0.2) is 18.2 Å². The first-order valence-corrected chi connectivity index (χ1v) is 5.55. The lowest BCUT2D eigenvalue weighted by Gasteiger charge is -2.09.